The summed E-state index contributed by atoms with van der Waals surface area (Å²) in [6, 6.07) is 6.69. The summed E-state index contributed by atoms with van der Waals surface area (Å²) in [5.41, 5.74) is 0.744. The molecule has 0 bridgehead atoms. The molecule has 1 aliphatic rings. The second-order valence-corrected chi connectivity index (χ2v) is 7.54. The Bertz CT molecular complexity index is 631. The molecule has 1 aromatic heterocycles. The summed E-state index contributed by atoms with van der Waals surface area (Å²) in [4.78, 5) is 2.30. The van der Waals surface area contributed by atoms with Crippen molar-refractivity contribution in [3.05, 3.63) is 36.0 Å². The summed E-state index contributed by atoms with van der Waals surface area (Å²) in [6.07, 6.45) is 3.75. The molecule has 3 rings (SSSR count). The lowest BCUT2D eigenvalue weighted by Gasteiger charge is -2.22. The molecular weight excluding hydrogens is 313 g/mol. The maximum absolute atomic E-state index is 13.0. The first-order valence-corrected chi connectivity index (χ1v) is 9.10. The normalized spacial score (nSPS) is 21.2. The van der Waals surface area contributed by atoms with Crippen LogP contribution in [0.1, 0.15) is 32.1 Å². The molecule has 0 spiro atoms. The van der Waals surface area contributed by atoms with Gasteiger partial charge in [-0.05, 0) is 56.3 Å². The lowest BCUT2D eigenvalue weighted by Crippen LogP contribution is -2.29. The molecule has 1 aromatic carbocycles. The molecule has 2 atom stereocenters. The Labute approximate surface area is 140 Å². The Balaban J connectivity index is 1.59. The summed E-state index contributed by atoms with van der Waals surface area (Å²) in [7, 11) is 2.12. The van der Waals surface area contributed by atoms with E-state index in [1.54, 1.807) is 12.1 Å². The van der Waals surface area contributed by atoms with Crippen LogP contribution in [0.25, 0.3) is 11.5 Å². The zero-order valence-electron chi connectivity index (χ0n) is 13.5. The minimum Gasteiger partial charge on any atom is -0.419 e. The van der Waals surface area contributed by atoms with E-state index in [0.717, 1.165) is 10.8 Å². The Morgan fingerprint density at radius 1 is 1.26 bits per heavy atom. The van der Waals surface area contributed by atoms with E-state index in [9.17, 15) is 4.39 Å². The molecule has 1 fully saturated rings. The standard InChI is InChI=1S/C17H22FN3OS/c1-3-23-15-9-8-14(10-15)21(2)11-16-19-20-17(22-16)12-4-6-13(18)7-5-12/h4-7,14-15H,3,8-11H2,1-2H3/t14-,15+/m0/s1. The Hall–Kier alpha value is -1.40. The molecule has 0 N–H and O–H groups in total. The first-order chi connectivity index (χ1) is 11.2. The number of hydrogen-bond donors (Lipinski definition) is 0. The van der Waals surface area contributed by atoms with Crippen molar-refractivity contribution < 1.29 is 8.81 Å². The maximum atomic E-state index is 13.0. The van der Waals surface area contributed by atoms with E-state index in [1.165, 1.54) is 37.1 Å². The molecular formula is C17H22FN3OS. The minimum absolute atomic E-state index is 0.269. The fraction of sp³-hybridized carbons (Fsp3) is 0.529. The van der Waals surface area contributed by atoms with Gasteiger partial charge in [-0.25, -0.2) is 4.39 Å². The highest BCUT2D eigenvalue weighted by Crippen LogP contribution is 2.32. The summed E-state index contributed by atoms with van der Waals surface area (Å²) < 4.78 is 18.7. The van der Waals surface area contributed by atoms with Crippen LogP contribution in [0.4, 0.5) is 4.39 Å². The van der Waals surface area contributed by atoms with Crippen molar-refractivity contribution >= 4 is 11.8 Å². The van der Waals surface area contributed by atoms with Gasteiger partial charge in [-0.3, -0.25) is 4.90 Å². The van der Waals surface area contributed by atoms with Gasteiger partial charge in [0.25, 0.3) is 0 Å². The predicted molar refractivity (Wildman–Crippen MR) is 90.7 cm³/mol. The molecule has 0 amide bonds. The van der Waals surface area contributed by atoms with Gasteiger partial charge in [-0.1, -0.05) is 6.92 Å². The highest BCUT2D eigenvalue weighted by Gasteiger charge is 2.28. The molecule has 0 aliphatic heterocycles. The molecule has 1 heterocycles. The molecule has 0 radical (unpaired) electrons. The van der Waals surface area contributed by atoms with Crippen LogP contribution < -0.4 is 0 Å². The fourth-order valence-electron chi connectivity index (χ4n) is 3.07. The largest absolute Gasteiger partial charge is 0.419 e. The highest BCUT2D eigenvalue weighted by molar-refractivity contribution is 7.99. The predicted octanol–water partition coefficient (Wildman–Crippen LogP) is 3.98. The molecule has 0 unspecified atom stereocenters. The highest BCUT2D eigenvalue weighted by atomic mass is 32.2. The third-order valence-corrected chi connectivity index (χ3v) is 5.56. The van der Waals surface area contributed by atoms with Gasteiger partial charge >= 0.3 is 0 Å². The Kier molecular flexibility index (Phi) is 5.33. The number of thioether (sulfide) groups is 1. The van der Waals surface area contributed by atoms with Gasteiger partial charge in [0.2, 0.25) is 11.8 Å². The topological polar surface area (TPSA) is 42.2 Å². The first kappa shape index (κ1) is 16.5. The average molecular weight is 335 g/mol. The van der Waals surface area contributed by atoms with E-state index in [1.807, 2.05) is 0 Å². The van der Waals surface area contributed by atoms with Gasteiger partial charge in [-0.15, -0.1) is 10.2 Å². The van der Waals surface area contributed by atoms with Crippen molar-refractivity contribution in [3.63, 3.8) is 0 Å². The van der Waals surface area contributed by atoms with Crippen molar-refractivity contribution in [2.24, 2.45) is 0 Å². The van der Waals surface area contributed by atoms with Crippen molar-refractivity contribution in [2.75, 3.05) is 12.8 Å². The zero-order valence-corrected chi connectivity index (χ0v) is 14.4. The van der Waals surface area contributed by atoms with E-state index >= 15 is 0 Å². The van der Waals surface area contributed by atoms with Gasteiger partial charge in [0.1, 0.15) is 5.82 Å². The van der Waals surface area contributed by atoms with Crippen LogP contribution in [0.3, 0.4) is 0 Å². The summed E-state index contributed by atoms with van der Waals surface area (Å²) in [5, 5.41) is 8.98. The summed E-state index contributed by atoms with van der Waals surface area (Å²) in [5.74, 6) is 1.97. The third kappa shape index (κ3) is 4.12. The molecule has 1 aliphatic carbocycles. The number of aromatic nitrogens is 2. The van der Waals surface area contributed by atoms with Crippen molar-refractivity contribution in [3.8, 4) is 11.5 Å². The van der Waals surface area contributed by atoms with Gasteiger partial charge in [0, 0.05) is 16.9 Å². The number of rotatable bonds is 6. The fourth-order valence-corrected chi connectivity index (χ4v) is 4.21. The quantitative estimate of drug-likeness (QED) is 0.799. The molecule has 4 nitrogen and oxygen atoms in total. The SMILES string of the molecule is CCS[C@@H]1CC[C@H](N(C)Cc2nnc(-c3ccc(F)cc3)o2)C1. The van der Waals surface area contributed by atoms with E-state index in [0.29, 0.717) is 24.4 Å². The zero-order chi connectivity index (χ0) is 16.2. The molecule has 23 heavy (non-hydrogen) atoms. The lowest BCUT2D eigenvalue weighted by molar-refractivity contribution is 0.216. The molecule has 1 saturated carbocycles. The summed E-state index contributed by atoms with van der Waals surface area (Å²) in [6.45, 7) is 2.87. The second-order valence-electron chi connectivity index (χ2n) is 5.97. The smallest absolute Gasteiger partial charge is 0.247 e. The van der Waals surface area contributed by atoms with Crippen LogP contribution in [-0.2, 0) is 6.54 Å². The van der Waals surface area contributed by atoms with Crippen LogP contribution in [0, 0.1) is 5.82 Å². The summed E-state index contributed by atoms with van der Waals surface area (Å²) >= 11 is 2.06. The van der Waals surface area contributed by atoms with Crippen LogP contribution in [-0.4, -0.2) is 39.2 Å². The Morgan fingerprint density at radius 3 is 2.78 bits per heavy atom. The molecule has 124 valence electrons. The monoisotopic (exact) mass is 335 g/mol. The minimum atomic E-state index is -0.269. The number of hydrogen-bond acceptors (Lipinski definition) is 5. The Morgan fingerprint density at radius 2 is 2.04 bits per heavy atom. The van der Waals surface area contributed by atoms with Gasteiger partial charge in [0.15, 0.2) is 0 Å². The molecule has 0 saturated heterocycles. The number of nitrogens with zero attached hydrogens (tertiary/aromatic N) is 3. The maximum Gasteiger partial charge on any atom is 0.247 e. The molecule has 6 heteroatoms. The van der Waals surface area contributed by atoms with E-state index in [2.05, 4.69) is 40.8 Å². The number of halogens is 1. The lowest BCUT2D eigenvalue weighted by atomic mass is 10.2. The number of benzene rings is 1. The van der Waals surface area contributed by atoms with Crippen LogP contribution in [0.2, 0.25) is 0 Å². The third-order valence-electron chi connectivity index (χ3n) is 4.33. The van der Waals surface area contributed by atoms with Gasteiger partial charge in [0.05, 0.1) is 6.54 Å². The van der Waals surface area contributed by atoms with Gasteiger partial charge < -0.3 is 4.42 Å². The van der Waals surface area contributed by atoms with Crippen LogP contribution in [0.15, 0.2) is 28.7 Å². The first-order valence-electron chi connectivity index (χ1n) is 8.06. The van der Waals surface area contributed by atoms with E-state index in [4.69, 9.17) is 4.42 Å². The van der Waals surface area contributed by atoms with E-state index < -0.39 is 0 Å². The van der Waals surface area contributed by atoms with E-state index in [-0.39, 0.29) is 5.82 Å². The second kappa shape index (κ2) is 7.45. The van der Waals surface area contributed by atoms with Crippen molar-refractivity contribution in [1.29, 1.82) is 0 Å². The van der Waals surface area contributed by atoms with Gasteiger partial charge in [-0.2, -0.15) is 11.8 Å². The van der Waals surface area contributed by atoms with Crippen molar-refractivity contribution in [1.82, 2.24) is 15.1 Å². The average Bonchev–Trinajstić information content (AvgIpc) is 3.18. The van der Waals surface area contributed by atoms with Crippen LogP contribution in [0.5, 0.6) is 0 Å². The van der Waals surface area contributed by atoms with Crippen LogP contribution >= 0.6 is 11.8 Å². The van der Waals surface area contributed by atoms with Crippen molar-refractivity contribution in [2.45, 2.75) is 44.0 Å². The molecule has 2 aromatic rings.